The van der Waals surface area contributed by atoms with Gasteiger partial charge in [-0.15, -0.1) is 23.1 Å². The zero-order valence-corrected chi connectivity index (χ0v) is 17.9. The lowest BCUT2D eigenvalue weighted by Gasteiger charge is -2.25. The number of aromatic nitrogens is 1. The van der Waals surface area contributed by atoms with Crippen molar-refractivity contribution in [2.45, 2.75) is 17.9 Å². The van der Waals surface area contributed by atoms with Gasteiger partial charge in [-0.25, -0.2) is 4.98 Å². The van der Waals surface area contributed by atoms with E-state index in [9.17, 15) is 9.59 Å². The molecule has 7 nitrogen and oxygen atoms in total. The summed E-state index contributed by atoms with van der Waals surface area (Å²) in [5.41, 5.74) is 1.79. The normalized spacial score (nSPS) is 20.2. The van der Waals surface area contributed by atoms with Gasteiger partial charge in [0.15, 0.2) is 5.13 Å². The number of benzene rings is 1. The fourth-order valence-electron chi connectivity index (χ4n) is 3.53. The number of thioether (sulfide) groups is 1. The lowest BCUT2D eigenvalue weighted by molar-refractivity contribution is -0.122. The number of ether oxygens (including phenoxy) is 1. The number of nitrogens with zero attached hydrogens (tertiary/aromatic N) is 3. The lowest BCUT2D eigenvalue weighted by atomic mass is 10.1. The van der Waals surface area contributed by atoms with Gasteiger partial charge in [0.2, 0.25) is 11.8 Å². The van der Waals surface area contributed by atoms with Crippen molar-refractivity contribution in [2.75, 3.05) is 49.3 Å². The number of morpholine rings is 1. The molecule has 1 aromatic carbocycles. The van der Waals surface area contributed by atoms with Crippen molar-refractivity contribution < 1.29 is 14.3 Å². The second-order valence-corrected chi connectivity index (χ2v) is 8.86. The van der Waals surface area contributed by atoms with E-state index in [-0.39, 0.29) is 24.2 Å². The summed E-state index contributed by atoms with van der Waals surface area (Å²) in [7, 11) is 0. The van der Waals surface area contributed by atoms with Gasteiger partial charge in [0.05, 0.1) is 24.8 Å². The van der Waals surface area contributed by atoms with Crippen molar-refractivity contribution in [3.05, 3.63) is 35.3 Å². The first-order valence-electron chi connectivity index (χ1n) is 9.62. The minimum atomic E-state index is -0.366. The monoisotopic (exact) mass is 432 g/mol. The van der Waals surface area contributed by atoms with Crippen LogP contribution in [0.3, 0.4) is 0 Å². The van der Waals surface area contributed by atoms with Crippen molar-refractivity contribution in [1.29, 1.82) is 0 Å². The topological polar surface area (TPSA) is 74.8 Å². The molecule has 2 aliphatic heterocycles. The maximum absolute atomic E-state index is 12.7. The van der Waals surface area contributed by atoms with Gasteiger partial charge in [0.1, 0.15) is 0 Å². The first kappa shape index (κ1) is 20.3. The van der Waals surface area contributed by atoms with Crippen LogP contribution in [0.15, 0.2) is 34.5 Å². The summed E-state index contributed by atoms with van der Waals surface area (Å²) in [4.78, 5) is 34.8. The largest absolute Gasteiger partial charge is 0.379 e. The number of hydrogen-bond acceptors (Lipinski definition) is 7. The van der Waals surface area contributed by atoms with Crippen molar-refractivity contribution >= 4 is 45.7 Å². The van der Waals surface area contributed by atoms with Crippen LogP contribution in [-0.2, 0) is 20.9 Å². The van der Waals surface area contributed by atoms with Crippen LogP contribution in [0.2, 0.25) is 0 Å². The number of thiazole rings is 1. The molecular formula is C20H24N4O3S2. The van der Waals surface area contributed by atoms with Gasteiger partial charge in [-0.1, -0.05) is 0 Å². The Hall–Kier alpha value is -1.94. The number of rotatable bonds is 6. The average Bonchev–Trinajstić information content (AvgIpc) is 3.35. The fourth-order valence-corrected chi connectivity index (χ4v) is 4.64. The molecule has 2 saturated heterocycles. The number of hydrogen-bond donors (Lipinski definition) is 1. The summed E-state index contributed by atoms with van der Waals surface area (Å²) in [6.45, 7) is 4.46. The highest BCUT2D eigenvalue weighted by atomic mass is 32.2. The SMILES string of the molecule is CSc1ccc(N2CC(C(=O)Nc3nc(CN4CCOCC4)cs3)CC2=O)cc1. The van der Waals surface area contributed by atoms with E-state index in [1.807, 2.05) is 35.9 Å². The molecule has 1 N–H and O–H groups in total. The maximum atomic E-state index is 12.7. The Morgan fingerprint density at radius 2 is 2.07 bits per heavy atom. The number of nitrogens with one attached hydrogen (secondary N) is 1. The molecule has 0 aliphatic carbocycles. The third-order valence-electron chi connectivity index (χ3n) is 5.15. The van der Waals surface area contributed by atoms with E-state index in [0.29, 0.717) is 11.7 Å². The van der Waals surface area contributed by atoms with Crippen molar-refractivity contribution in [1.82, 2.24) is 9.88 Å². The van der Waals surface area contributed by atoms with Gasteiger partial charge in [0.25, 0.3) is 0 Å². The number of anilines is 2. The van der Waals surface area contributed by atoms with Crippen molar-refractivity contribution in [2.24, 2.45) is 5.92 Å². The van der Waals surface area contributed by atoms with E-state index >= 15 is 0 Å². The zero-order chi connectivity index (χ0) is 20.2. The Balaban J connectivity index is 1.33. The van der Waals surface area contributed by atoms with E-state index in [2.05, 4.69) is 15.2 Å². The van der Waals surface area contributed by atoms with Crippen LogP contribution >= 0.6 is 23.1 Å². The van der Waals surface area contributed by atoms with Gasteiger partial charge in [-0.05, 0) is 30.5 Å². The Morgan fingerprint density at radius 3 is 2.79 bits per heavy atom. The van der Waals surface area contributed by atoms with Gasteiger partial charge in [-0.2, -0.15) is 0 Å². The molecule has 0 bridgehead atoms. The number of carbonyl (C=O) groups is 2. The Kier molecular flexibility index (Phi) is 6.49. The van der Waals surface area contributed by atoms with Crippen LogP contribution in [0.4, 0.5) is 10.8 Å². The summed E-state index contributed by atoms with van der Waals surface area (Å²) in [5.74, 6) is -0.530. The Morgan fingerprint density at radius 1 is 1.31 bits per heavy atom. The summed E-state index contributed by atoms with van der Waals surface area (Å²) >= 11 is 3.08. The first-order chi connectivity index (χ1) is 14.1. The third kappa shape index (κ3) is 4.98. The quantitative estimate of drug-likeness (QED) is 0.708. The summed E-state index contributed by atoms with van der Waals surface area (Å²) < 4.78 is 5.36. The predicted octanol–water partition coefficient (Wildman–Crippen LogP) is 2.69. The average molecular weight is 433 g/mol. The summed E-state index contributed by atoms with van der Waals surface area (Å²) in [5, 5.41) is 5.46. The van der Waals surface area contributed by atoms with Crippen LogP contribution < -0.4 is 10.2 Å². The maximum Gasteiger partial charge on any atom is 0.231 e. The molecule has 2 amide bonds. The highest BCUT2D eigenvalue weighted by molar-refractivity contribution is 7.98. The molecule has 9 heteroatoms. The van der Waals surface area contributed by atoms with E-state index in [4.69, 9.17) is 4.74 Å². The number of amides is 2. The Bertz CT molecular complexity index is 865. The van der Waals surface area contributed by atoms with Gasteiger partial charge in [-0.3, -0.25) is 14.5 Å². The zero-order valence-electron chi connectivity index (χ0n) is 16.3. The molecule has 4 rings (SSSR count). The fraction of sp³-hybridized carbons (Fsp3) is 0.450. The molecule has 2 aliphatic rings. The van der Waals surface area contributed by atoms with Crippen molar-refractivity contribution in [3.8, 4) is 0 Å². The summed E-state index contributed by atoms with van der Waals surface area (Å²) in [6, 6.07) is 7.85. The molecule has 0 spiro atoms. The molecule has 0 radical (unpaired) electrons. The van der Waals surface area contributed by atoms with Crippen LogP contribution in [0.1, 0.15) is 12.1 Å². The molecule has 1 unspecified atom stereocenters. The minimum absolute atomic E-state index is 0.0193. The van der Waals surface area contributed by atoms with Gasteiger partial charge >= 0.3 is 0 Å². The molecule has 29 heavy (non-hydrogen) atoms. The molecule has 1 atom stereocenters. The minimum Gasteiger partial charge on any atom is -0.379 e. The summed E-state index contributed by atoms with van der Waals surface area (Å²) in [6.07, 6.45) is 2.24. The van der Waals surface area contributed by atoms with Crippen LogP contribution in [0.25, 0.3) is 0 Å². The lowest BCUT2D eigenvalue weighted by Crippen LogP contribution is -2.35. The van der Waals surface area contributed by atoms with E-state index in [1.54, 1.807) is 16.7 Å². The molecule has 154 valence electrons. The molecule has 0 saturated carbocycles. The molecular weight excluding hydrogens is 408 g/mol. The van der Waals surface area contributed by atoms with Gasteiger partial charge in [0, 0.05) is 48.6 Å². The first-order valence-corrected chi connectivity index (χ1v) is 11.7. The second-order valence-electron chi connectivity index (χ2n) is 7.13. The highest BCUT2D eigenvalue weighted by Gasteiger charge is 2.35. The molecule has 3 heterocycles. The Labute approximate surface area is 178 Å². The van der Waals surface area contributed by atoms with Crippen LogP contribution in [-0.4, -0.2) is 60.8 Å². The predicted molar refractivity (Wildman–Crippen MR) is 116 cm³/mol. The van der Waals surface area contributed by atoms with Crippen LogP contribution in [0.5, 0.6) is 0 Å². The van der Waals surface area contributed by atoms with E-state index < -0.39 is 0 Å². The van der Waals surface area contributed by atoms with Gasteiger partial charge < -0.3 is 15.0 Å². The van der Waals surface area contributed by atoms with Crippen LogP contribution in [0, 0.1) is 5.92 Å². The third-order valence-corrected chi connectivity index (χ3v) is 6.70. The highest BCUT2D eigenvalue weighted by Crippen LogP contribution is 2.28. The van der Waals surface area contributed by atoms with E-state index in [0.717, 1.165) is 49.1 Å². The second kappa shape index (κ2) is 9.25. The molecule has 2 aromatic rings. The van der Waals surface area contributed by atoms with Crippen molar-refractivity contribution in [3.63, 3.8) is 0 Å². The standard InChI is InChI=1S/C20H24N4O3S2/c1-28-17-4-2-16(3-5-17)24-11-14(10-18(24)25)19(26)22-20-21-15(13-29-20)12-23-6-8-27-9-7-23/h2-5,13-14H,6-12H2,1H3,(H,21,22,26). The molecule has 1 aromatic heterocycles. The number of carbonyl (C=O) groups excluding carboxylic acids is 2. The van der Waals surface area contributed by atoms with E-state index in [1.165, 1.54) is 11.3 Å². The smallest absolute Gasteiger partial charge is 0.231 e. The molecule has 2 fully saturated rings.